The van der Waals surface area contributed by atoms with Crippen molar-refractivity contribution in [2.75, 3.05) is 66.6 Å². The largest absolute Gasteiger partial charge is 0.497 e. The monoisotopic (exact) mass is 503 g/mol. The van der Waals surface area contributed by atoms with Crippen molar-refractivity contribution in [1.29, 1.82) is 0 Å². The first-order chi connectivity index (χ1) is 17.4. The lowest BCUT2D eigenvalue weighted by Crippen LogP contribution is -2.55. The Balaban J connectivity index is 2.00. The molecular formula is C25H37N5O6. The Morgan fingerprint density at radius 2 is 1.67 bits per heavy atom. The first kappa shape index (κ1) is 27.1. The summed E-state index contributed by atoms with van der Waals surface area (Å²) in [5.41, 5.74) is 1.62. The van der Waals surface area contributed by atoms with E-state index in [0.29, 0.717) is 74.1 Å². The molecule has 2 aliphatic heterocycles. The molecule has 1 atom stereocenters. The fourth-order valence-corrected chi connectivity index (χ4v) is 4.49. The van der Waals surface area contributed by atoms with E-state index in [4.69, 9.17) is 14.2 Å². The summed E-state index contributed by atoms with van der Waals surface area (Å²) < 4.78 is 16.3. The van der Waals surface area contributed by atoms with Crippen LogP contribution in [-0.4, -0.2) is 99.4 Å². The highest BCUT2D eigenvalue weighted by Crippen LogP contribution is 2.35. The average molecular weight is 504 g/mol. The van der Waals surface area contributed by atoms with Crippen molar-refractivity contribution < 1.29 is 28.6 Å². The van der Waals surface area contributed by atoms with Gasteiger partial charge in [0.15, 0.2) is 0 Å². The Labute approximate surface area is 212 Å². The Hall–Kier alpha value is -3.47. The van der Waals surface area contributed by atoms with Gasteiger partial charge < -0.3 is 29.7 Å². The molecule has 0 radical (unpaired) electrons. The van der Waals surface area contributed by atoms with Gasteiger partial charge in [0.2, 0.25) is 0 Å². The van der Waals surface area contributed by atoms with Crippen LogP contribution >= 0.6 is 0 Å². The molecule has 0 bridgehead atoms. The molecule has 1 unspecified atom stereocenters. The van der Waals surface area contributed by atoms with Crippen molar-refractivity contribution in [3.8, 4) is 11.5 Å². The summed E-state index contributed by atoms with van der Waals surface area (Å²) in [5, 5.41) is 5.79. The second kappa shape index (κ2) is 12.5. The Morgan fingerprint density at radius 1 is 1.03 bits per heavy atom. The van der Waals surface area contributed by atoms with Crippen LogP contribution in [-0.2, 0) is 9.53 Å². The third kappa shape index (κ3) is 6.01. The summed E-state index contributed by atoms with van der Waals surface area (Å²) in [6.45, 7) is 9.39. The number of methoxy groups -OCH3 is 2. The first-order valence-corrected chi connectivity index (χ1v) is 12.3. The number of nitrogens with one attached hydrogen (secondary N) is 2. The zero-order valence-electron chi connectivity index (χ0n) is 21.8. The van der Waals surface area contributed by atoms with E-state index in [1.165, 1.54) is 0 Å². The molecule has 11 nitrogen and oxygen atoms in total. The molecule has 2 heterocycles. The number of nitrogens with zero attached hydrogens (tertiary/aromatic N) is 3. The number of benzene rings is 1. The van der Waals surface area contributed by atoms with Crippen molar-refractivity contribution >= 4 is 18.0 Å². The summed E-state index contributed by atoms with van der Waals surface area (Å²) in [6, 6.07) is 4.16. The molecule has 0 spiro atoms. The number of hydrogen-bond acceptors (Lipinski definition) is 7. The van der Waals surface area contributed by atoms with Crippen LogP contribution in [0.5, 0.6) is 11.5 Å². The molecule has 3 rings (SSSR count). The fraction of sp³-hybridized carbons (Fsp3) is 0.560. The van der Waals surface area contributed by atoms with Gasteiger partial charge in [0, 0.05) is 57.6 Å². The van der Waals surface area contributed by atoms with Gasteiger partial charge in [-0.3, -0.25) is 9.80 Å². The van der Waals surface area contributed by atoms with Crippen LogP contribution in [0.2, 0.25) is 0 Å². The van der Waals surface area contributed by atoms with Crippen molar-refractivity contribution in [3.05, 3.63) is 35.0 Å². The fourth-order valence-electron chi connectivity index (χ4n) is 4.49. The van der Waals surface area contributed by atoms with E-state index in [1.54, 1.807) is 49.1 Å². The van der Waals surface area contributed by atoms with Gasteiger partial charge >= 0.3 is 18.0 Å². The number of urea groups is 2. The number of carbonyl (C=O) groups excluding carboxylic acids is 3. The molecule has 11 heteroatoms. The zero-order chi connectivity index (χ0) is 26.2. The summed E-state index contributed by atoms with van der Waals surface area (Å²) in [4.78, 5) is 44.2. The Bertz CT molecular complexity index is 967. The lowest BCUT2D eigenvalue weighted by Gasteiger charge is -2.40. The van der Waals surface area contributed by atoms with Crippen LogP contribution in [0.15, 0.2) is 29.5 Å². The summed E-state index contributed by atoms with van der Waals surface area (Å²) in [6.07, 6.45) is 0. The molecule has 4 amide bonds. The molecule has 1 aromatic rings. The van der Waals surface area contributed by atoms with Crippen molar-refractivity contribution in [2.45, 2.75) is 26.8 Å². The predicted octanol–water partition coefficient (Wildman–Crippen LogP) is 1.95. The first-order valence-electron chi connectivity index (χ1n) is 12.3. The second-order valence-corrected chi connectivity index (χ2v) is 8.45. The topological polar surface area (TPSA) is 113 Å². The van der Waals surface area contributed by atoms with Gasteiger partial charge in [-0.2, -0.15) is 0 Å². The lowest BCUT2D eigenvalue weighted by molar-refractivity contribution is -0.139. The number of rotatable bonds is 9. The molecular weight excluding hydrogens is 466 g/mol. The van der Waals surface area contributed by atoms with E-state index in [2.05, 4.69) is 15.5 Å². The van der Waals surface area contributed by atoms with Crippen LogP contribution in [0, 0.1) is 0 Å². The van der Waals surface area contributed by atoms with E-state index in [0.717, 1.165) is 0 Å². The maximum absolute atomic E-state index is 13.3. The molecule has 1 fully saturated rings. The third-order valence-corrected chi connectivity index (χ3v) is 6.32. The molecule has 1 aromatic carbocycles. The normalized spacial score (nSPS) is 18.6. The molecule has 0 aliphatic carbocycles. The van der Waals surface area contributed by atoms with Crippen LogP contribution in [0.3, 0.4) is 0 Å². The number of piperazine rings is 1. The number of carbonyl (C=O) groups is 3. The Morgan fingerprint density at radius 3 is 2.19 bits per heavy atom. The number of amides is 4. The van der Waals surface area contributed by atoms with Gasteiger partial charge in [0.1, 0.15) is 11.5 Å². The Kier molecular flexibility index (Phi) is 9.40. The van der Waals surface area contributed by atoms with E-state index < -0.39 is 12.0 Å². The zero-order valence-corrected chi connectivity index (χ0v) is 21.8. The molecule has 0 saturated carbocycles. The van der Waals surface area contributed by atoms with Gasteiger partial charge in [-0.1, -0.05) is 0 Å². The summed E-state index contributed by atoms with van der Waals surface area (Å²) in [7, 11) is 3.09. The molecule has 1 saturated heterocycles. The van der Waals surface area contributed by atoms with Crippen LogP contribution in [0.4, 0.5) is 9.59 Å². The molecule has 36 heavy (non-hydrogen) atoms. The maximum Gasteiger partial charge on any atom is 0.338 e. The summed E-state index contributed by atoms with van der Waals surface area (Å²) >= 11 is 0. The highest BCUT2D eigenvalue weighted by Gasteiger charge is 2.39. The van der Waals surface area contributed by atoms with Crippen molar-refractivity contribution in [2.24, 2.45) is 0 Å². The number of esters is 1. The minimum absolute atomic E-state index is 0.0807. The van der Waals surface area contributed by atoms with Crippen molar-refractivity contribution in [3.63, 3.8) is 0 Å². The van der Waals surface area contributed by atoms with Crippen LogP contribution < -0.4 is 20.1 Å². The van der Waals surface area contributed by atoms with Gasteiger partial charge in [-0.05, 0) is 38.5 Å². The number of hydrogen-bond donors (Lipinski definition) is 2. The van der Waals surface area contributed by atoms with E-state index in [1.807, 2.05) is 13.8 Å². The third-order valence-electron chi connectivity index (χ3n) is 6.32. The molecule has 2 aliphatic rings. The van der Waals surface area contributed by atoms with E-state index in [-0.39, 0.29) is 18.7 Å². The van der Waals surface area contributed by atoms with Gasteiger partial charge in [0.05, 0.1) is 32.4 Å². The predicted molar refractivity (Wildman–Crippen MR) is 134 cm³/mol. The number of ether oxygens (including phenoxy) is 3. The molecule has 2 N–H and O–H groups in total. The van der Waals surface area contributed by atoms with E-state index >= 15 is 0 Å². The maximum atomic E-state index is 13.3. The molecule has 0 aromatic heterocycles. The second-order valence-electron chi connectivity index (χ2n) is 8.45. The van der Waals surface area contributed by atoms with Gasteiger partial charge in [0.25, 0.3) is 0 Å². The van der Waals surface area contributed by atoms with Gasteiger partial charge in [-0.25, -0.2) is 14.4 Å². The quantitative estimate of drug-likeness (QED) is 0.496. The minimum atomic E-state index is -0.741. The highest BCUT2D eigenvalue weighted by molar-refractivity contribution is 5.95. The lowest BCUT2D eigenvalue weighted by atomic mass is 9.93. The van der Waals surface area contributed by atoms with Crippen LogP contribution in [0.1, 0.15) is 32.4 Å². The number of likely N-dealkylation sites (N-methyl/N-ethyl adjacent to an activating group) is 1. The van der Waals surface area contributed by atoms with Gasteiger partial charge in [-0.15, -0.1) is 0 Å². The minimum Gasteiger partial charge on any atom is -0.497 e. The SMILES string of the molecule is CCNC(=O)N1CCN(CC2=C(C(=O)OCC)C(c3cc(OC)cc(OC)c3)NC(=O)N2CC)CC1. The van der Waals surface area contributed by atoms with Crippen molar-refractivity contribution in [1.82, 2.24) is 25.3 Å². The average Bonchev–Trinajstić information content (AvgIpc) is 2.88. The standard InChI is InChI=1S/C25H37N5O6/c1-6-26-24(32)29-11-9-28(10-12-29)16-20-21(23(31)36-8-3)22(27-25(33)30(20)7-2)17-13-18(34-4)15-19(14-17)35-5/h13-15,22H,6-12,16H2,1-5H3,(H,26,32)(H,27,33). The smallest absolute Gasteiger partial charge is 0.338 e. The highest BCUT2D eigenvalue weighted by atomic mass is 16.5. The summed E-state index contributed by atoms with van der Waals surface area (Å²) in [5.74, 6) is 0.601. The molecule has 198 valence electrons. The van der Waals surface area contributed by atoms with Crippen LogP contribution in [0.25, 0.3) is 0 Å². The van der Waals surface area contributed by atoms with E-state index in [9.17, 15) is 14.4 Å².